The third-order valence-corrected chi connectivity index (χ3v) is 6.74. The van der Waals surface area contributed by atoms with Gasteiger partial charge < -0.3 is 23.7 Å². The highest BCUT2D eigenvalue weighted by atomic mass is 16.7. The number of carbonyl (C=O) groups is 1. The summed E-state index contributed by atoms with van der Waals surface area (Å²) in [6.07, 6.45) is 2.22. The molecule has 0 aromatic heterocycles. The van der Waals surface area contributed by atoms with Crippen LogP contribution < -0.4 is 5.46 Å². The van der Waals surface area contributed by atoms with Gasteiger partial charge in [-0.25, -0.2) is 4.79 Å². The van der Waals surface area contributed by atoms with Crippen LogP contribution in [-0.2, 0) is 25.2 Å². The number of carbonyl (C=O) groups excluding carboxylic acids is 1. The molecule has 2 aliphatic rings. The van der Waals surface area contributed by atoms with Gasteiger partial charge in [0.15, 0.2) is 0 Å². The summed E-state index contributed by atoms with van der Waals surface area (Å²) in [5.74, 6) is 0. The number of ether oxygens (including phenoxy) is 2. The van der Waals surface area contributed by atoms with Crippen LogP contribution in [-0.4, -0.2) is 60.7 Å². The lowest BCUT2D eigenvalue weighted by Crippen LogP contribution is -2.46. The highest BCUT2D eigenvalue weighted by molar-refractivity contribution is 6.62. The van der Waals surface area contributed by atoms with Gasteiger partial charge in [-0.15, -0.1) is 0 Å². The molecular formula is C25H40BNO5. The lowest BCUT2D eigenvalue weighted by atomic mass is 9.75. The van der Waals surface area contributed by atoms with Crippen LogP contribution in [0, 0.1) is 6.92 Å². The van der Waals surface area contributed by atoms with Crippen molar-refractivity contribution < 1.29 is 23.6 Å². The second-order valence-electron chi connectivity index (χ2n) is 11.0. The summed E-state index contributed by atoms with van der Waals surface area (Å²) in [5, 5.41) is 0. The number of rotatable bonds is 5. The maximum Gasteiger partial charge on any atom is 0.495 e. The average molecular weight is 445 g/mol. The fourth-order valence-corrected chi connectivity index (χ4v) is 4.12. The van der Waals surface area contributed by atoms with Crippen LogP contribution in [0.1, 0.15) is 72.4 Å². The third-order valence-electron chi connectivity index (χ3n) is 6.74. The van der Waals surface area contributed by atoms with Crippen LogP contribution in [0.2, 0.25) is 0 Å². The van der Waals surface area contributed by atoms with E-state index < -0.39 is 5.60 Å². The SMILES string of the molecule is Cc1cc(CCN(C(=O)OC(C)(C)C)C2CCOCC2)ccc1B1OC(C)(C)C(C)(C)O1. The summed E-state index contributed by atoms with van der Waals surface area (Å²) in [6.45, 7) is 18.1. The van der Waals surface area contributed by atoms with Gasteiger partial charge in [-0.3, -0.25) is 0 Å². The largest absolute Gasteiger partial charge is 0.495 e. The highest BCUT2D eigenvalue weighted by Crippen LogP contribution is 2.36. The molecule has 0 N–H and O–H groups in total. The summed E-state index contributed by atoms with van der Waals surface area (Å²) < 4.78 is 23.6. The van der Waals surface area contributed by atoms with E-state index in [0.29, 0.717) is 19.8 Å². The summed E-state index contributed by atoms with van der Waals surface area (Å²) >= 11 is 0. The van der Waals surface area contributed by atoms with Gasteiger partial charge in [0.2, 0.25) is 0 Å². The standard InChI is InChI=1S/C25H40BNO5/c1-18-17-19(9-10-21(18)26-31-24(5,6)25(7,8)32-26)11-14-27(20-12-15-29-16-13-20)22(28)30-23(2,3)4/h9-10,17,20H,11-16H2,1-8H3. The zero-order valence-corrected chi connectivity index (χ0v) is 21.1. The van der Waals surface area contributed by atoms with Gasteiger partial charge in [-0.05, 0) is 85.7 Å². The highest BCUT2D eigenvalue weighted by Gasteiger charge is 2.52. The van der Waals surface area contributed by atoms with Crippen molar-refractivity contribution >= 4 is 18.7 Å². The molecule has 2 fully saturated rings. The van der Waals surface area contributed by atoms with E-state index in [0.717, 1.165) is 30.3 Å². The van der Waals surface area contributed by atoms with Crippen molar-refractivity contribution in [3.8, 4) is 0 Å². The number of amides is 1. The molecule has 1 amide bonds. The van der Waals surface area contributed by atoms with Crippen LogP contribution in [0.3, 0.4) is 0 Å². The van der Waals surface area contributed by atoms with E-state index >= 15 is 0 Å². The minimum Gasteiger partial charge on any atom is -0.444 e. The molecule has 178 valence electrons. The summed E-state index contributed by atoms with van der Waals surface area (Å²) in [5.41, 5.74) is 2.14. The third kappa shape index (κ3) is 5.86. The number of nitrogens with zero attached hydrogens (tertiary/aromatic N) is 1. The molecule has 7 heteroatoms. The molecule has 0 aliphatic carbocycles. The number of aryl methyl sites for hydroxylation is 1. The molecule has 32 heavy (non-hydrogen) atoms. The fourth-order valence-electron chi connectivity index (χ4n) is 4.12. The quantitative estimate of drug-likeness (QED) is 0.635. The second kappa shape index (κ2) is 9.36. The fraction of sp³-hybridized carbons (Fsp3) is 0.720. The molecule has 0 bridgehead atoms. The van der Waals surface area contributed by atoms with E-state index in [9.17, 15) is 4.79 Å². The van der Waals surface area contributed by atoms with Gasteiger partial charge in [0.05, 0.1) is 11.2 Å². The predicted octanol–water partition coefficient (Wildman–Crippen LogP) is 4.25. The summed E-state index contributed by atoms with van der Waals surface area (Å²) in [6, 6.07) is 6.55. The van der Waals surface area contributed by atoms with Crippen molar-refractivity contribution in [2.45, 2.75) is 97.5 Å². The van der Waals surface area contributed by atoms with Gasteiger partial charge in [0, 0.05) is 25.8 Å². The van der Waals surface area contributed by atoms with E-state index in [2.05, 4.69) is 52.8 Å². The van der Waals surface area contributed by atoms with Crippen molar-refractivity contribution in [2.75, 3.05) is 19.8 Å². The molecule has 0 unspecified atom stereocenters. The Bertz CT molecular complexity index is 795. The first-order valence-electron chi connectivity index (χ1n) is 11.8. The molecule has 3 rings (SSSR count). The van der Waals surface area contributed by atoms with E-state index in [1.54, 1.807) is 0 Å². The Labute approximate surface area is 194 Å². The van der Waals surface area contributed by atoms with Gasteiger partial charge in [-0.2, -0.15) is 0 Å². The molecule has 0 spiro atoms. The van der Waals surface area contributed by atoms with Crippen LogP contribution in [0.4, 0.5) is 4.79 Å². The Hall–Kier alpha value is -1.57. The predicted molar refractivity (Wildman–Crippen MR) is 127 cm³/mol. The Morgan fingerprint density at radius 2 is 1.72 bits per heavy atom. The smallest absolute Gasteiger partial charge is 0.444 e. The van der Waals surface area contributed by atoms with Crippen LogP contribution in [0.15, 0.2) is 18.2 Å². The normalized spacial score (nSPS) is 20.9. The first-order valence-corrected chi connectivity index (χ1v) is 11.8. The van der Waals surface area contributed by atoms with E-state index in [-0.39, 0.29) is 30.5 Å². The number of hydrogen-bond acceptors (Lipinski definition) is 5. The molecule has 0 saturated carbocycles. The van der Waals surface area contributed by atoms with Gasteiger partial charge in [-0.1, -0.05) is 23.8 Å². The van der Waals surface area contributed by atoms with Crippen molar-refractivity contribution in [3.63, 3.8) is 0 Å². The molecule has 0 radical (unpaired) electrons. The number of benzene rings is 1. The molecule has 2 heterocycles. The zero-order chi connectivity index (χ0) is 23.7. The van der Waals surface area contributed by atoms with E-state index in [1.807, 2.05) is 25.7 Å². The molecule has 2 saturated heterocycles. The van der Waals surface area contributed by atoms with Gasteiger partial charge in [0.25, 0.3) is 0 Å². The molecule has 6 nitrogen and oxygen atoms in total. The minimum atomic E-state index is -0.512. The van der Waals surface area contributed by atoms with E-state index in [4.69, 9.17) is 18.8 Å². The summed E-state index contributed by atoms with van der Waals surface area (Å²) in [4.78, 5) is 14.8. The van der Waals surface area contributed by atoms with Crippen LogP contribution in [0.5, 0.6) is 0 Å². The van der Waals surface area contributed by atoms with Crippen molar-refractivity contribution in [3.05, 3.63) is 29.3 Å². The monoisotopic (exact) mass is 445 g/mol. The Morgan fingerprint density at radius 3 is 2.25 bits per heavy atom. The maximum atomic E-state index is 12.9. The van der Waals surface area contributed by atoms with Crippen LogP contribution in [0.25, 0.3) is 0 Å². The molecular weight excluding hydrogens is 405 g/mol. The lowest BCUT2D eigenvalue weighted by Gasteiger charge is -2.35. The Balaban J connectivity index is 1.70. The molecule has 2 aliphatic heterocycles. The second-order valence-corrected chi connectivity index (χ2v) is 11.0. The maximum absolute atomic E-state index is 12.9. The van der Waals surface area contributed by atoms with Crippen molar-refractivity contribution in [1.82, 2.24) is 4.90 Å². The first-order chi connectivity index (χ1) is 14.8. The molecule has 1 aromatic carbocycles. The lowest BCUT2D eigenvalue weighted by molar-refractivity contribution is -0.00525. The average Bonchev–Trinajstić information content (AvgIpc) is 2.88. The topological polar surface area (TPSA) is 57.2 Å². The Morgan fingerprint density at radius 1 is 1.12 bits per heavy atom. The zero-order valence-electron chi connectivity index (χ0n) is 21.1. The van der Waals surface area contributed by atoms with Gasteiger partial charge in [0.1, 0.15) is 5.60 Å². The summed E-state index contributed by atoms with van der Waals surface area (Å²) in [7, 11) is -0.366. The molecule has 1 aromatic rings. The van der Waals surface area contributed by atoms with Crippen LogP contribution >= 0.6 is 0 Å². The van der Waals surface area contributed by atoms with Crippen molar-refractivity contribution in [1.29, 1.82) is 0 Å². The van der Waals surface area contributed by atoms with E-state index in [1.165, 1.54) is 5.56 Å². The Kier molecular flexibility index (Phi) is 7.33. The molecule has 0 atom stereocenters. The number of hydrogen-bond donors (Lipinski definition) is 0. The minimum absolute atomic E-state index is 0.156. The van der Waals surface area contributed by atoms with Crippen molar-refractivity contribution in [2.24, 2.45) is 0 Å². The first kappa shape index (κ1) is 25.1. The van der Waals surface area contributed by atoms with Gasteiger partial charge >= 0.3 is 13.2 Å².